The van der Waals surface area contributed by atoms with E-state index in [-0.39, 0.29) is 5.91 Å². The molecule has 0 saturated carbocycles. The molecule has 1 aliphatic heterocycles. The lowest BCUT2D eigenvalue weighted by molar-refractivity contribution is 0.0714. The maximum atomic E-state index is 12.2. The van der Waals surface area contributed by atoms with Crippen molar-refractivity contribution < 1.29 is 9.21 Å². The van der Waals surface area contributed by atoms with Gasteiger partial charge in [-0.3, -0.25) is 4.79 Å². The van der Waals surface area contributed by atoms with E-state index in [4.69, 9.17) is 9.68 Å². The molecule has 0 aliphatic carbocycles. The summed E-state index contributed by atoms with van der Waals surface area (Å²) in [4.78, 5) is 16.2. The Labute approximate surface area is 123 Å². The van der Waals surface area contributed by atoms with Crippen LogP contribution in [-0.2, 0) is 0 Å². The molecule has 0 unspecified atom stereocenters. The summed E-state index contributed by atoms with van der Waals surface area (Å²) in [6.07, 6.45) is 1.51. The van der Waals surface area contributed by atoms with Crippen molar-refractivity contribution in [2.75, 3.05) is 31.1 Å². The quantitative estimate of drug-likeness (QED) is 0.846. The number of rotatable bonds is 2. The summed E-state index contributed by atoms with van der Waals surface area (Å²) >= 11 is 0. The second kappa shape index (κ2) is 5.71. The zero-order valence-corrected chi connectivity index (χ0v) is 11.5. The molecule has 0 N–H and O–H groups in total. The van der Waals surface area contributed by atoms with Crippen LogP contribution in [0.2, 0.25) is 0 Å². The van der Waals surface area contributed by atoms with E-state index in [1.807, 2.05) is 24.3 Å². The molecule has 21 heavy (non-hydrogen) atoms. The molecule has 2 heterocycles. The minimum absolute atomic E-state index is 0.0560. The van der Waals surface area contributed by atoms with Crippen molar-refractivity contribution in [3.8, 4) is 6.07 Å². The molecule has 1 aromatic heterocycles. The van der Waals surface area contributed by atoms with E-state index < -0.39 is 0 Å². The fourth-order valence-electron chi connectivity index (χ4n) is 2.47. The Morgan fingerprint density at radius 2 is 1.81 bits per heavy atom. The maximum Gasteiger partial charge on any atom is 0.289 e. The number of furan rings is 1. The van der Waals surface area contributed by atoms with E-state index >= 15 is 0 Å². The molecule has 1 fully saturated rings. The third kappa shape index (κ3) is 2.75. The number of carbonyl (C=O) groups excluding carboxylic acids is 1. The number of piperazine rings is 1. The topological polar surface area (TPSA) is 60.5 Å². The number of nitriles is 1. The average Bonchev–Trinajstić information content (AvgIpc) is 3.09. The summed E-state index contributed by atoms with van der Waals surface area (Å²) in [6, 6.07) is 13.0. The van der Waals surface area contributed by atoms with Gasteiger partial charge in [-0.05, 0) is 36.4 Å². The largest absolute Gasteiger partial charge is 0.459 e. The molecule has 1 saturated heterocycles. The van der Waals surface area contributed by atoms with Crippen LogP contribution in [0.5, 0.6) is 0 Å². The zero-order valence-electron chi connectivity index (χ0n) is 11.5. The van der Waals surface area contributed by atoms with Gasteiger partial charge >= 0.3 is 0 Å². The van der Waals surface area contributed by atoms with Crippen molar-refractivity contribution in [1.29, 1.82) is 5.26 Å². The molecule has 0 radical (unpaired) electrons. The Morgan fingerprint density at radius 1 is 1.10 bits per heavy atom. The SMILES string of the molecule is N#Cc1ccc(N2CCN(C(=O)c3ccco3)CC2)cc1. The van der Waals surface area contributed by atoms with E-state index in [1.165, 1.54) is 6.26 Å². The summed E-state index contributed by atoms with van der Waals surface area (Å²) in [5.41, 5.74) is 1.74. The number of nitrogens with zero attached hydrogens (tertiary/aromatic N) is 3. The van der Waals surface area contributed by atoms with Crippen molar-refractivity contribution in [3.63, 3.8) is 0 Å². The molecular formula is C16H15N3O2. The van der Waals surface area contributed by atoms with E-state index in [0.717, 1.165) is 18.8 Å². The van der Waals surface area contributed by atoms with Crippen LogP contribution in [0.25, 0.3) is 0 Å². The van der Waals surface area contributed by atoms with Crippen molar-refractivity contribution >= 4 is 11.6 Å². The number of anilines is 1. The van der Waals surface area contributed by atoms with E-state index in [9.17, 15) is 4.79 Å². The first-order valence-corrected chi connectivity index (χ1v) is 6.86. The predicted octanol–water partition coefficient (Wildman–Crippen LogP) is 2.11. The van der Waals surface area contributed by atoms with Crippen molar-refractivity contribution in [2.45, 2.75) is 0 Å². The van der Waals surface area contributed by atoms with E-state index in [2.05, 4.69) is 11.0 Å². The molecule has 5 heteroatoms. The highest BCUT2D eigenvalue weighted by molar-refractivity contribution is 5.91. The third-order valence-electron chi connectivity index (χ3n) is 3.66. The lowest BCUT2D eigenvalue weighted by Crippen LogP contribution is -2.48. The van der Waals surface area contributed by atoms with Gasteiger partial charge in [-0.1, -0.05) is 0 Å². The normalized spacial score (nSPS) is 14.8. The molecule has 0 atom stereocenters. The molecule has 106 valence electrons. The first-order chi connectivity index (χ1) is 10.3. The average molecular weight is 281 g/mol. The molecule has 5 nitrogen and oxygen atoms in total. The summed E-state index contributed by atoms with van der Waals surface area (Å²) in [6.45, 7) is 2.88. The van der Waals surface area contributed by atoms with Crippen LogP contribution in [0.3, 0.4) is 0 Å². The lowest BCUT2D eigenvalue weighted by Gasteiger charge is -2.35. The van der Waals surface area contributed by atoms with Gasteiger partial charge in [0.25, 0.3) is 5.91 Å². The minimum Gasteiger partial charge on any atom is -0.459 e. The van der Waals surface area contributed by atoms with Crippen LogP contribution >= 0.6 is 0 Å². The van der Waals surface area contributed by atoms with Gasteiger partial charge < -0.3 is 14.2 Å². The van der Waals surface area contributed by atoms with E-state index in [0.29, 0.717) is 24.4 Å². The third-order valence-corrected chi connectivity index (χ3v) is 3.66. The van der Waals surface area contributed by atoms with E-state index in [1.54, 1.807) is 17.0 Å². The number of carbonyl (C=O) groups is 1. The summed E-state index contributed by atoms with van der Waals surface area (Å²) in [5.74, 6) is 0.335. The molecule has 1 amide bonds. The fraction of sp³-hybridized carbons (Fsp3) is 0.250. The first-order valence-electron chi connectivity index (χ1n) is 6.86. The Hall–Kier alpha value is -2.74. The van der Waals surface area contributed by atoms with Gasteiger partial charge in [-0.25, -0.2) is 0 Å². The summed E-state index contributed by atoms with van der Waals surface area (Å²) in [5, 5.41) is 8.81. The van der Waals surface area contributed by atoms with Crippen LogP contribution in [0.1, 0.15) is 16.1 Å². The lowest BCUT2D eigenvalue weighted by atomic mass is 10.2. The smallest absolute Gasteiger partial charge is 0.289 e. The number of benzene rings is 1. The second-order valence-corrected chi connectivity index (χ2v) is 4.92. The molecule has 3 rings (SSSR count). The van der Waals surface area contributed by atoms with Crippen LogP contribution in [0, 0.1) is 11.3 Å². The zero-order chi connectivity index (χ0) is 14.7. The summed E-state index contributed by atoms with van der Waals surface area (Å²) in [7, 11) is 0. The number of hydrogen-bond donors (Lipinski definition) is 0. The highest BCUT2D eigenvalue weighted by Gasteiger charge is 2.23. The molecule has 2 aromatic rings. The molecule has 1 aromatic carbocycles. The maximum absolute atomic E-state index is 12.2. The Kier molecular flexibility index (Phi) is 3.61. The monoisotopic (exact) mass is 281 g/mol. The van der Waals surface area contributed by atoms with Gasteiger partial charge in [-0.2, -0.15) is 5.26 Å². The van der Waals surface area contributed by atoms with Gasteiger partial charge in [-0.15, -0.1) is 0 Å². The minimum atomic E-state index is -0.0560. The first kappa shape index (κ1) is 13.3. The van der Waals surface area contributed by atoms with Gasteiger partial charge in [0.1, 0.15) is 0 Å². The molecule has 0 bridgehead atoms. The highest BCUT2D eigenvalue weighted by atomic mass is 16.3. The fourth-order valence-corrected chi connectivity index (χ4v) is 2.47. The summed E-state index contributed by atoms with van der Waals surface area (Å²) < 4.78 is 5.15. The number of amides is 1. The van der Waals surface area contributed by atoms with Gasteiger partial charge in [0.2, 0.25) is 0 Å². The van der Waals surface area contributed by atoms with Crippen LogP contribution in [0.15, 0.2) is 47.1 Å². The molecular weight excluding hydrogens is 266 g/mol. The van der Waals surface area contributed by atoms with Gasteiger partial charge in [0.15, 0.2) is 5.76 Å². The highest BCUT2D eigenvalue weighted by Crippen LogP contribution is 2.18. The van der Waals surface area contributed by atoms with Gasteiger partial charge in [0, 0.05) is 31.9 Å². The molecule has 1 aliphatic rings. The Balaban J connectivity index is 1.62. The molecule has 0 spiro atoms. The van der Waals surface area contributed by atoms with Crippen molar-refractivity contribution in [1.82, 2.24) is 4.90 Å². The van der Waals surface area contributed by atoms with Crippen LogP contribution < -0.4 is 4.90 Å². The van der Waals surface area contributed by atoms with Crippen molar-refractivity contribution in [2.24, 2.45) is 0 Å². The Bertz CT molecular complexity index is 648. The van der Waals surface area contributed by atoms with Crippen LogP contribution in [-0.4, -0.2) is 37.0 Å². The predicted molar refractivity (Wildman–Crippen MR) is 78.0 cm³/mol. The van der Waals surface area contributed by atoms with Gasteiger partial charge in [0.05, 0.1) is 17.9 Å². The Morgan fingerprint density at radius 3 is 2.38 bits per heavy atom. The number of hydrogen-bond acceptors (Lipinski definition) is 4. The van der Waals surface area contributed by atoms with Crippen LogP contribution in [0.4, 0.5) is 5.69 Å². The standard InChI is InChI=1S/C16H15N3O2/c17-12-13-3-5-14(6-4-13)18-7-9-19(10-8-18)16(20)15-2-1-11-21-15/h1-6,11H,7-10H2. The second-order valence-electron chi connectivity index (χ2n) is 4.92. The van der Waals surface area contributed by atoms with Crippen molar-refractivity contribution in [3.05, 3.63) is 54.0 Å².